The summed E-state index contributed by atoms with van der Waals surface area (Å²) in [5, 5.41) is 0. The van der Waals surface area contributed by atoms with E-state index in [1.807, 2.05) is 13.0 Å². The predicted octanol–water partition coefficient (Wildman–Crippen LogP) is 1.52. The molecule has 2 rings (SSSR count). The maximum Gasteiger partial charge on any atom is 0.313 e. The van der Waals surface area contributed by atoms with Crippen LogP contribution in [0.2, 0.25) is 0 Å². The van der Waals surface area contributed by atoms with Gasteiger partial charge in [0.15, 0.2) is 0 Å². The highest BCUT2D eigenvalue weighted by atomic mass is 16.5. The molecular formula is C14H17N3O3. The van der Waals surface area contributed by atoms with E-state index in [1.165, 1.54) is 10.8 Å². The summed E-state index contributed by atoms with van der Waals surface area (Å²) in [6, 6.07) is 5.26. The van der Waals surface area contributed by atoms with Crippen molar-refractivity contribution in [3.63, 3.8) is 0 Å². The Morgan fingerprint density at radius 1 is 1.30 bits per heavy atom. The molecule has 0 saturated heterocycles. The summed E-state index contributed by atoms with van der Waals surface area (Å²) in [6.45, 7) is 2.79. The Labute approximate surface area is 116 Å². The van der Waals surface area contributed by atoms with Crippen LogP contribution in [0, 0.1) is 0 Å². The van der Waals surface area contributed by atoms with Gasteiger partial charge in [-0.05, 0) is 24.6 Å². The second kappa shape index (κ2) is 6.21. The van der Waals surface area contributed by atoms with Crippen molar-refractivity contribution >= 4 is 0 Å². The Kier molecular flexibility index (Phi) is 4.37. The van der Waals surface area contributed by atoms with E-state index in [0.717, 1.165) is 5.56 Å². The first-order chi connectivity index (χ1) is 9.67. The highest BCUT2D eigenvalue weighted by Crippen LogP contribution is 2.25. The van der Waals surface area contributed by atoms with E-state index in [-0.39, 0.29) is 11.4 Å². The number of nitrogens with two attached hydrogens (primary N) is 1. The number of hydrogen-bond acceptors (Lipinski definition) is 5. The van der Waals surface area contributed by atoms with Crippen LogP contribution in [-0.4, -0.2) is 16.7 Å². The van der Waals surface area contributed by atoms with Crippen LogP contribution in [0.5, 0.6) is 17.4 Å². The first-order valence-electron chi connectivity index (χ1n) is 6.29. The van der Waals surface area contributed by atoms with Gasteiger partial charge in [-0.25, -0.2) is 4.98 Å². The molecule has 0 unspecified atom stereocenters. The van der Waals surface area contributed by atoms with Gasteiger partial charge in [-0.15, -0.1) is 0 Å². The van der Waals surface area contributed by atoms with E-state index < -0.39 is 0 Å². The zero-order chi connectivity index (χ0) is 14.5. The monoisotopic (exact) mass is 275 g/mol. The SMILES string of the molecule is CCn1ccnc(Oc2cc(CN)cc(OC)c2)c1=O. The molecule has 0 atom stereocenters. The summed E-state index contributed by atoms with van der Waals surface area (Å²) < 4.78 is 12.2. The number of nitrogens with zero attached hydrogens (tertiary/aromatic N) is 2. The first kappa shape index (κ1) is 14.1. The Balaban J connectivity index is 2.37. The van der Waals surface area contributed by atoms with E-state index in [0.29, 0.717) is 24.6 Å². The maximum atomic E-state index is 12.0. The van der Waals surface area contributed by atoms with Gasteiger partial charge in [0.2, 0.25) is 0 Å². The molecule has 20 heavy (non-hydrogen) atoms. The van der Waals surface area contributed by atoms with Crippen molar-refractivity contribution < 1.29 is 9.47 Å². The zero-order valence-electron chi connectivity index (χ0n) is 11.5. The zero-order valence-corrected chi connectivity index (χ0v) is 11.5. The van der Waals surface area contributed by atoms with Crippen LogP contribution in [0.25, 0.3) is 0 Å². The number of benzene rings is 1. The molecular weight excluding hydrogens is 258 g/mol. The molecule has 0 spiro atoms. The molecule has 0 saturated carbocycles. The minimum absolute atomic E-state index is 0.0329. The molecule has 2 N–H and O–H groups in total. The van der Waals surface area contributed by atoms with Crippen LogP contribution in [0.3, 0.4) is 0 Å². The molecule has 1 aromatic carbocycles. The quantitative estimate of drug-likeness (QED) is 0.895. The van der Waals surface area contributed by atoms with Gasteiger partial charge < -0.3 is 19.8 Å². The third kappa shape index (κ3) is 2.97. The predicted molar refractivity (Wildman–Crippen MR) is 75.1 cm³/mol. The lowest BCUT2D eigenvalue weighted by molar-refractivity contribution is 0.404. The minimum atomic E-state index is -0.271. The number of rotatable bonds is 5. The topological polar surface area (TPSA) is 79.4 Å². The van der Waals surface area contributed by atoms with Gasteiger partial charge >= 0.3 is 5.56 Å². The van der Waals surface area contributed by atoms with E-state index in [2.05, 4.69) is 4.98 Å². The molecule has 0 aliphatic carbocycles. The fraction of sp³-hybridized carbons (Fsp3) is 0.286. The Bertz CT molecular complexity index is 630. The summed E-state index contributed by atoms with van der Waals surface area (Å²) in [5.74, 6) is 1.13. The summed E-state index contributed by atoms with van der Waals surface area (Å²) >= 11 is 0. The molecule has 6 heteroatoms. The van der Waals surface area contributed by atoms with Crippen molar-refractivity contribution in [3.05, 3.63) is 46.5 Å². The number of methoxy groups -OCH3 is 1. The summed E-state index contributed by atoms with van der Waals surface area (Å²) in [6.07, 6.45) is 3.15. The van der Waals surface area contributed by atoms with Crippen molar-refractivity contribution in [1.82, 2.24) is 9.55 Å². The third-order valence-electron chi connectivity index (χ3n) is 2.85. The van der Waals surface area contributed by atoms with Crippen LogP contribution in [0.15, 0.2) is 35.4 Å². The lowest BCUT2D eigenvalue weighted by atomic mass is 10.2. The highest BCUT2D eigenvalue weighted by molar-refractivity contribution is 5.39. The molecule has 0 bridgehead atoms. The molecule has 1 aromatic heterocycles. The molecule has 106 valence electrons. The van der Waals surface area contributed by atoms with Crippen molar-refractivity contribution in [3.8, 4) is 17.4 Å². The van der Waals surface area contributed by atoms with Gasteiger partial charge in [-0.3, -0.25) is 4.79 Å². The fourth-order valence-corrected chi connectivity index (χ4v) is 1.78. The number of ether oxygens (including phenoxy) is 2. The minimum Gasteiger partial charge on any atom is -0.497 e. The number of aryl methyl sites for hydroxylation is 1. The van der Waals surface area contributed by atoms with Crippen LogP contribution in [0.4, 0.5) is 0 Å². The molecule has 6 nitrogen and oxygen atoms in total. The van der Waals surface area contributed by atoms with Gasteiger partial charge in [0.25, 0.3) is 5.88 Å². The van der Waals surface area contributed by atoms with Gasteiger partial charge in [0.1, 0.15) is 11.5 Å². The Hall–Kier alpha value is -2.34. The van der Waals surface area contributed by atoms with E-state index in [9.17, 15) is 4.79 Å². The molecule has 0 amide bonds. The van der Waals surface area contributed by atoms with Crippen molar-refractivity contribution in [1.29, 1.82) is 0 Å². The van der Waals surface area contributed by atoms with Gasteiger partial charge in [-0.2, -0.15) is 0 Å². The maximum absolute atomic E-state index is 12.0. The second-order valence-electron chi connectivity index (χ2n) is 4.15. The lowest BCUT2D eigenvalue weighted by Crippen LogP contribution is -2.20. The summed E-state index contributed by atoms with van der Waals surface area (Å²) in [5.41, 5.74) is 6.20. The average Bonchev–Trinajstić information content (AvgIpc) is 2.49. The van der Waals surface area contributed by atoms with Gasteiger partial charge in [-0.1, -0.05) is 0 Å². The highest BCUT2D eigenvalue weighted by Gasteiger charge is 2.08. The Morgan fingerprint density at radius 2 is 2.05 bits per heavy atom. The van der Waals surface area contributed by atoms with Crippen molar-refractivity contribution in [2.75, 3.05) is 7.11 Å². The number of aromatic nitrogens is 2. The second-order valence-corrected chi connectivity index (χ2v) is 4.15. The van der Waals surface area contributed by atoms with Gasteiger partial charge in [0.05, 0.1) is 7.11 Å². The first-order valence-corrected chi connectivity index (χ1v) is 6.29. The van der Waals surface area contributed by atoms with E-state index >= 15 is 0 Å². The van der Waals surface area contributed by atoms with Crippen LogP contribution >= 0.6 is 0 Å². The molecule has 0 fully saturated rings. The molecule has 1 heterocycles. The molecule has 0 aliphatic rings. The summed E-state index contributed by atoms with van der Waals surface area (Å²) in [4.78, 5) is 16.0. The normalized spacial score (nSPS) is 10.3. The van der Waals surface area contributed by atoms with E-state index in [4.69, 9.17) is 15.2 Å². The van der Waals surface area contributed by atoms with Crippen molar-refractivity contribution in [2.24, 2.45) is 5.73 Å². The smallest absolute Gasteiger partial charge is 0.313 e. The average molecular weight is 275 g/mol. The van der Waals surface area contributed by atoms with Crippen LogP contribution < -0.4 is 20.8 Å². The standard InChI is InChI=1S/C14H17N3O3/c1-3-17-5-4-16-13(14(17)18)20-12-7-10(9-15)6-11(8-12)19-2/h4-8H,3,9,15H2,1-2H3. The fourth-order valence-electron chi connectivity index (χ4n) is 1.78. The summed E-state index contributed by atoms with van der Waals surface area (Å²) in [7, 11) is 1.56. The molecule has 0 radical (unpaired) electrons. The van der Waals surface area contributed by atoms with Crippen LogP contribution in [0.1, 0.15) is 12.5 Å². The van der Waals surface area contributed by atoms with E-state index in [1.54, 1.807) is 25.4 Å². The molecule has 2 aromatic rings. The number of hydrogen-bond donors (Lipinski definition) is 1. The van der Waals surface area contributed by atoms with Crippen molar-refractivity contribution in [2.45, 2.75) is 20.0 Å². The lowest BCUT2D eigenvalue weighted by Gasteiger charge is -2.09. The largest absolute Gasteiger partial charge is 0.497 e. The van der Waals surface area contributed by atoms with Crippen LogP contribution in [-0.2, 0) is 13.1 Å². The molecule has 0 aliphatic heterocycles. The third-order valence-corrected chi connectivity index (χ3v) is 2.85. The van der Waals surface area contributed by atoms with Gasteiger partial charge in [0, 0.05) is 31.5 Å². The Morgan fingerprint density at radius 3 is 2.70 bits per heavy atom.